The Hall–Kier alpha value is -0.910. The Morgan fingerprint density at radius 1 is 1.41 bits per heavy atom. The molecule has 0 spiro atoms. The average molecular weight is 238 g/mol. The van der Waals surface area contributed by atoms with E-state index in [9.17, 15) is 0 Å². The Kier molecular flexibility index (Phi) is 4.53. The SMILES string of the molecule is C=NC1=C(N(CC)CN2CCOCC2)CNC1. The molecule has 1 saturated heterocycles. The van der Waals surface area contributed by atoms with Crippen molar-refractivity contribution < 1.29 is 4.74 Å². The highest BCUT2D eigenvalue weighted by Gasteiger charge is 2.20. The summed E-state index contributed by atoms with van der Waals surface area (Å²) >= 11 is 0. The van der Waals surface area contributed by atoms with Crippen molar-refractivity contribution in [1.82, 2.24) is 15.1 Å². The van der Waals surface area contributed by atoms with Crippen LogP contribution in [0.5, 0.6) is 0 Å². The maximum absolute atomic E-state index is 5.37. The molecular formula is C12H22N4O. The maximum Gasteiger partial charge on any atom is 0.0738 e. The molecule has 5 nitrogen and oxygen atoms in total. The van der Waals surface area contributed by atoms with Gasteiger partial charge in [-0.1, -0.05) is 0 Å². The van der Waals surface area contributed by atoms with E-state index >= 15 is 0 Å². The first-order valence-electron chi connectivity index (χ1n) is 6.29. The first-order valence-corrected chi connectivity index (χ1v) is 6.29. The molecule has 1 N–H and O–H groups in total. The number of hydrogen-bond donors (Lipinski definition) is 1. The summed E-state index contributed by atoms with van der Waals surface area (Å²) in [7, 11) is 0. The highest BCUT2D eigenvalue weighted by Crippen LogP contribution is 2.16. The van der Waals surface area contributed by atoms with E-state index in [0.717, 1.165) is 58.3 Å². The van der Waals surface area contributed by atoms with Gasteiger partial charge in [0.05, 0.1) is 31.3 Å². The number of aliphatic imine (C=N–C) groups is 1. The number of rotatable bonds is 5. The van der Waals surface area contributed by atoms with Crippen LogP contribution in [0.4, 0.5) is 0 Å². The smallest absolute Gasteiger partial charge is 0.0738 e. The predicted octanol–water partition coefficient (Wildman–Crippen LogP) is 0.113. The second kappa shape index (κ2) is 6.14. The van der Waals surface area contributed by atoms with Gasteiger partial charge in [0, 0.05) is 32.7 Å². The molecule has 17 heavy (non-hydrogen) atoms. The lowest BCUT2D eigenvalue weighted by atomic mass is 10.3. The van der Waals surface area contributed by atoms with Crippen molar-refractivity contribution in [2.75, 3.05) is 52.6 Å². The van der Waals surface area contributed by atoms with Crippen molar-refractivity contribution in [3.8, 4) is 0 Å². The minimum atomic E-state index is 0.846. The molecule has 0 atom stereocenters. The van der Waals surface area contributed by atoms with Crippen LogP contribution in [-0.2, 0) is 4.74 Å². The molecule has 0 unspecified atom stereocenters. The minimum Gasteiger partial charge on any atom is -0.379 e. The molecule has 0 aromatic carbocycles. The molecule has 2 heterocycles. The summed E-state index contributed by atoms with van der Waals surface area (Å²) in [5.74, 6) is 0. The number of hydrogen-bond acceptors (Lipinski definition) is 5. The molecule has 2 rings (SSSR count). The van der Waals surface area contributed by atoms with Gasteiger partial charge in [-0.25, -0.2) is 0 Å². The topological polar surface area (TPSA) is 40.1 Å². The Labute approximate surface area is 103 Å². The van der Waals surface area contributed by atoms with E-state index in [4.69, 9.17) is 4.74 Å². The third-order valence-electron chi connectivity index (χ3n) is 3.35. The third kappa shape index (κ3) is 3.06. The van der Waals surface area contributed by atoms with E-state index in [-0.39, 0.29) is 0 Å². The fourth-order valence-corrected chi connectivity index (χ4v) is 2.31. The van der Waals surface area contributed by atoms with Gasteiger partial charge in [-0.05, 0) is 13.6 Å². The Morgan fingerprint density at radius 2 is 2.18 bits per heavy atom. The normalized spacial score (nSPS) is 21.9. The highest BCUT2D eigenvalue weighted by molar-refractivity contribution is 5.33. The van der Waals surface area contributed by atoms with Crippen molar-refractivity contribution in [3.05, 3.63) is 11.4 Å². The molecule has 0 bridgehead atoms. The second-order valence-electron chi connectivity index (χ2n) is 4.38. The lowest BCUT2D eigenvalue weighted by Crippen LogP contribution is -2.44. The molecule has 5 heteroatoms. The monoisotopic (exact) mass is 238 g/mol. The van der Waals surface area contributed by atoms with Crippen molar-refractivity contribution in [1.29, 1.82) is 0 Å². The fourth-order valence-electron chi connectivity index (χ4n) is 2.31. The van der Waals surface area contributed by atoms with Gasteiger partial charge in [0.2, 0.25) is 0 Å². The quantitative estimate of drug-likeness (QED) is 0.690. The zero-order valence-electron chi connectivity index (χ0n) is 10.6. The Bertz CT molecular complexity index is 297. The standard InChI is InChI=1S/C12H22N4O/c1-3-16(10-15-4-6-17-7-5-15)12-9-14-8-11(12)13-2/h14H,2-10H2,1H3. The summed E-state index contributed by atoms with van der Waals surface area (Å²) in [5.41, 5.74) is 2.40. The fraction of sp³-hybridized carbons (Fsp3) is 0.750. The van der Waals surface area contributed by atoms with Crippen LogP contribution >= 0.6 is 0 Å². The summed E-state index contributed by atoms with van der Waals surface area (Å²) in [5, 5.41) is 3.33. The van der Waals surface area contributed by atoms with Crippen LogP contribution in [0.15, 0.2) is 16.4 Å². The molecule has 0 radical (unpaired) electrons. The van der Waals surface area contributed by atoms with E-state index in [0.29, 0.717) is 0 Å². The molecule has 2 aliphatic rings. The summed E-state index contributed by atoms with van der Waals surface area (Å²) in [6.45, 7) is 13.3. The van der Waals surface area contributed by atoms with E-state index in [1.54, 1.807) is 0 Å². The van der Waals surface area contributed by atoms with Gasteiger partial charge in [0.25, 0.3) is 0 Å². The number of nitrogens with zero attached hydrogens (tertiary/aromatic N) is 3. The predicted molar refractivity (Wildman–Crippen MR) is 69.1 cm³/mol. The van der Waals surface area contributed by atoms with Gasteiger partial charge in [-0.3, -0.25) is 9.89 Å². The van der Waals surface area contributed by atoms with Crippen LogP contribution in [-0.4, -0.2) is 69.1 Å². The van der Waals surface area contributed by atoms with Gasteiger partial charge < -0.3 is 15.0 Å². The van der Waals surface area contributed by atoms with E-state index in [1.165, 1.54) is 5.70 Å². The molecule has 0 aromatic heterocycles. The summed E-state index contributed by atoms with van der Waals surface area (Å²) in [6.07, 6.45) is 0. The summed E-state index contributed by atoms with van der Waals surface area (Å²) < 4.78 is 5.37. The lowest BCUT2D eigenvalue weighted by Gasteiger charge is -2.34. The van der Waals surface area contributed by atoms with E-state index in [2.05, 4.69) is 33.8 Å². The van der Waals surface area contributed by atoms with Crippen molar-refractivity contribution in [2.45, 2.75) is 6.92 Å². The Balaban J connectivity index is 1.97. The van der Waals surface area contributed by atoms with Crippen LogP contribution in [0.1, 0.15) is 6.92 Å². The zero-order valence-corrected chi connectivity index (χ0v) is 10.6. The van der Waals surface area contributed by atoms with Crippen molar-refractivity contribution >= 4 is 6.72 Å². The Morgan fingerprint density at radius 3 is 2.82 bits per heavy atom. The zero-order chi connectivity index (χ0) is 12.1. The number of nitrogens with one attached hydrogen (secondary N) is 1. The van der Waals surface area contributed by atoms with Crippen LogP contribution in [0.3, 0.4) is 0 Å². The van der Waals surface area contributed by atoms with Gasteiger partial charge in [0.15, 0.2) is 0 Å². The number of likely N-dealkylation sites (N-methyl/N-ethyl adjacent to an activating group) is 1. The van der Waals surface area contributed by atoms with Gasteiger partial charge in [-0.2, -0.15) is 0 Å². The van der Waals surface area contributed by atoms with Crippen LogP contribution < -0.4 is 5.32 Å². The molecular weight excluding hydrogens is 216 g/mol. The molecule has 2 aliphatic heterocycles. The largest absolute Gasteiger partial charge is 0.379 e. The first-order chi connectivity index (χ1) is 8.35. The number of ether oxygens (including phenoxy) is 1. The number of morpholine rings is 1. The lowest BCUT2D eigenvalue weighted by molar-refractivity contribution is 0.0167. The van der Waals surface area contributed by atoms with Crippen LogP contribution in [0.2, 0.25) is 0 Å². The summed E-state index contributed by atoms with van der Waals surface area (Å²) in [4.78, 5) is 8.93. The third-order valence-corrected chi connectivity index (χ3v) is 3.35. The van der Waals surface area contributed by atoms with Gasteiger partial charge in [-0.15, -0.1) is 0 Å². The van der Waals surface area contributed by atoms with Gasteiger partial charge in [0.1, 0.15) is 0 Å². The molecule has 0 aromatic rings. The second-order valence-corrected chi connectivity index (χ2v) is 4.38. The average Bonchev–Trinajstić information content (AvgIpc) is 2.85. The molecule has 96 valence electrons. The molecule has 0 amide bonds. The minimum absolute atomic E-state index is 0.846. The van der Waals surface area contributed by atoms with Crippen LogP contribution in [0.25, 0.3) is 0 Å². The van der Waals surface area contributed by atoms with E-state index in [1.807, 2.05) is 0 Å². The molecule has 0 saturated carbocycles. The summed E-state index contributed by atoms with van der Waals surface area (Å²) in [6, 6.07) is 0. The molecule has 1 fully saturated rings. The molecule has 0 aliphatic carbocycles. The van der Waals surface area contributed by atoms with Crippen LogP contribution in [0, 0.1) is 0 Å². The van der Waals surface area contributed by atoms with E-state index < -0.39 is 0 Å². The maximum atomic E-state index is 5.37. The first kappa shape index (κ1) is 12.5. The van der Waals surface area contributed by atoms with Crippen molar-refractivity contribution in [2.24, 2.45) is 4.99 Å². The van der Waals surface area contributed by atoms with Gasteiger partial charge >= 0.3 is 0 Å². The van der Waals surface area contributed by atoms with Crippen molar-refractivity contribution in [3.63, 3.8) is 0 Å². The highest BCUT2D eigenvalue weighted by atomic mass is 16.5.